The van der Waals surface area contributed by atoms with Gasteiger partial charge in [-0.05, 0) is 43.9 Å². The first-order chi connectivity index (χ1) is 12.9. The van der Waals surface area contributed by atoms with Crippen LogP contribution < -0.4 is 10.4 Å². The summed E-state index contributed by atoms with van der Waals surface area (Å²) in [5, 5.41) is 0.891. The molecule has 0 N–H and O–H groups in total. The molecule has 1 aromatic heterocycles. The lowest BCUT2D eigenvalue weighted by Crippen LogP contribution is -2.34. The summed E-state index contributed by atoms with van der Waals surface area (Å²) in [5.41, 5.74) is 2.50. The standard InChI is InChI=1S/C21H27NO5/c1-5-25-19(23)9-7-16-14(4)15-6-8-18-17(20(15)27-21(16)24)11-22(12-26-18)10-13(2)3/h6,8,13H,5,7,9-12H2,1-4H3. The SMILES string of the molecule is CCOC(=O)CCc1c(C)c2ccc3c(c2oc1=O)CN(CC(C)C)CO3. The van der Waals surface area contributed by atoms with Gasteiger partial charge in [-0.15, -0.1) is 0 Å². The summed E-state index contributed by atoms with van der Waals surface area (Å²) in [6.07, 6.45) is 0.483. The molecule has 0 unspecified atom stereocenters. The summed E-state index contributed by atoms with van der Waals surface area (Å²) in [6.45, 7) is 10.5. The maximum atomic E-state index is 12.6. The summed E-state index contributed by atoms with van der Waals surface area (Å²) in [5.74, 6) is 0.984. The molecule has 0 radical (unpaired) electrons. The molecule has 1 aliphatic rings. The molecule has 0 saturated heterocycles. The molecule has 3 rings (SSSR count). The van der Waals surface area contributed by atoms with E-state index in [2.05, 4.69) is 18.7 Å². The van der Waals surface area contributed by atoms with Crippen LogP contribution in [0.3, 0.4) is 0 Å². The summed E-state index contributed by atoms with van der Waals surface area (Å²) >= 11 is 0. The van der Waals surface area contributed by atoms with Gasteiger partial charge in [0.2, 0.25) is 0 Å². The van der Waals surface area contributed by atoms with E-state index < -0.39 is 5.63 Å². The van der Waals surface area contributed by atoms with Gasteiger partial charge < -0.3 is 13.9 Å². The lowest BCUT2D eigenvalue weighted by molar-refractivity contribution is -0.143. The molecule has 1 aromatic carbocycles. The number of ether oxygens (including phenoxy) is 2. The number of carbonyl (C=O) groups excluding carboxylic acids is 1. The first-order valence-corrected chi connectivity index (χ1v) is 9.49. The first kappa shape index (κ1) is 19.4. The van der Waals surface area contributed by atoms with E-state index >= 15 is 0 Å². The van der Waals surface area contributed by atoms with Crippen molar-refractivity contribution in [3.63, 3.8) is 0 Å². The number of aryl methyl sites for hydroxylation is 1. The van der Waals surface area contributed by atoms with Crippen molar-refractivity contribution < 1.29 is 18.7 Å². The van der Waals surface area contributed by atoms with E-state index in [1.807, 2.05) is 19.1 Å². The predicted octanol–water partition coefficient (Wildman–Crippen LogP) is 3.41. The van der Waals surface area contributed by atoms with Gasteiger partial charge in [-0.2, -0.15) is 0 Å². The highest BCUT2D eigenvalue weighted by Crippen LogP contribution is 2.34. The van der Waals surface area contributed by atoms with Gasteiger partial charge in [-0.3, -0.25) is 9.69 Å². The van der Waals surface area contributed by atoms with Crippen molar-refractivity contribution in [1.29, 1.82) is 0 Å². The Morgan fingerprint density at radius 1 is 1.33 bits per heavy atom. The number of esters is 1. The maximum Gasteiger partial charge on any atom is 0.339 e. The summed E-state index contributed by atoms with van der Waals surface area (Å²) in [4.78, 5) is 26.4. The number of fused-ring (bicyclic) bond motifs is 3. The van der Waals surface area contributed by atoms with Gasteiger partial charge in [0, 0.05) is 30.5 Å². The third-order valence-electron chi connectivity index (χ3n) is 4.81. The second kappa shape index (κ2) is 8.13. The second-order valence-electron chi connectivity index (χ2n) is 7.40. The highest BCUT2D eigenvalue weighted by atomic mass is 16.5. The van der Waals surface area contributed by atoms with Crippen molar-refractivity contribution in [3.8, 4) is 5.75 Å². The maximum absolute atomic E-state index is 12.6. The van der Waals surface area contributed by atoms with Crippen LogP contribution in [-0.2, 0) is 22.5 Å². The van der Waals surface area contributed by atoms with Gasteiger partial charge in [-0.1, -0.05) is 13.8 Å². The zero-order chi connectivity index (χ0) is 19.6. The van der Waals surface area contributed by atoms with E-state index in [4.69, 9.17) is 13.9 Å². The minimum Gasteiger partial charge on any atom is -0.478 e. The van der Waals surface area contributed by atoms with Crippen molar-refractivity contribution in [2.45, 2.75) is 47.1 Å². The molecule has 6 nitrogen and oxygen atoms in total. The zero-order valence-electron chi connectivity index (χ0n) is 16.5. The van der Waals surface area contributed by atoms with E-state index in [9.17, 15) is 9.59 Å². The Hall–Kier alpha value is -2.34. The molecule has 2 heterocycles. The molecule has 0 bridgehead atoms. The first-order valence-electron chi connectivity index (χ1n) is 9.49. The highest BCUT2D eigenvalue weighted by Gasteiger charge is 2.23. The van der Waals surface area contributed by atoms with Crippen molar-refractivity contribution >= 4 is 16.9 Å². The Labute approximate surface area is 159 Å². The Kier molecular flexibility index (Phi) is 5.85. The van der Waals surface area contributed by atoms with E-state index in [1.165, 1.54) is 0 Å². The quantitative estimate of drug-likeness (QED) is 0.571. The van der Waals surface area contributed by atoms with Gasteiger partial charge in [0.15, 0.2) is 0 Å². The number of hydrogen-bond acceptors (Lipinski definition) is 6. The molecule has 1 aliphatic heterocycles. The van der Waals surface area contributed by atoms with Gasteiger partial charge >= 0.3 is 11.6 Å². The number of nitrogens with zero attached hydrogens (tertiary/aromatic N) is 1. The monoisotopic (exact) mass is 373 g/mol. The Bertz CT molecular complexity index is 900. The second-order valence-corrected chi connectivity index (χ2v) is 7.40. The van der Waals surface area contributed by atoms with Gasteiger partial charge in [-0.25, -0.2) is 4.79 Å². The minimum atomic E-state index is -0.390. The third-order valence-corrected chi connectivity index (χ3v) is 4.81. The van der Waals surface area contributed by atoms with Crippen molar-refractivity contribution in [2.75, 3.05) is 19.9 Å². The average molecular weight is 373 g/mol. The number of benzene rings is 1. The highest BCUT2D eigenvalue weighted by molar-refractivity contribution is 5.86. The topological polar surface area (TPSA) is 69.0 Å². The number of hydrogen-bond donors (Lipinski definition) is 0. The fourth-order valence-corrected chi connectivity index (χ4v) is 3.59. The van der Waals surface area contributed by atoms with Crippen molar-refractivity contribution in [2.24, 2.45) is 5.92 Å². The van der Waals surface area contributed by atoms with Crippen LogP contribution in [0.5, 0.6) is 5.75 Å². The molecule has 0 saturated carbocycles. The fraction of sp³-hybridized carbons (Fsp3) is 0.524. The molecule has 27 heavy (non-hydrogen) atoms. The average Bonchev–Trinajstić information content (AvgIpc) is 2.61. The van der Waals surface area contributed by atoms with E-state index in [-0.39, 0.29) is 12.4 Å². The van der Waals surface area contributed by atoms with Crippen LogP contribution in [0.1, 0.15) is 43.9 Å². The van der Waals surface area contributed by atoms with E-state index in [0.717, 1.165) is 28.8 Å². The van der Waals surface area contributed by atoms with Crippen LogP contribution in [0.2, 0.25) is 0 Å². The third kappa shape index (κ3) is 4.16. The lowest BCUT2D eigenvalue weighted by atomic mass is 9.99. The molecule has 0 aliphatic carbocycles. The molecule has 0 amide bonds. The van der Waals surface area contributed by atoms with Crippen LogP contribution in [0, 0.1) is 12.8 Å². The van der Waals surface area contributed by atoms with Gasteiger partial charge in [0.1, 0.15) is 18.1 Å². The summed E-state index contributed by atoms with van der Waals surface area (Å²) in [7, 11) is 0. The Morgan fingerprint density at radius 3 is 2.81 bits per heavy atom. The molecule has 6 heteroatoms. The van der Waals surface area contributed by atoms with Crippen LogP contribution in [-0.4, -0.2) is 30.8 Å². The Balaban J connectivity index is 1.96. The molecule has 0 spiro atoms. The smallest absolute Gasteiger partial charge is 0.339 e. The predicted molar refractivity (Wildman–Crippen MR) is 103 cm³/mol. The summed E-state index contributed by atoms with van der Waals surface area (Å²) in [6, 6.07) is 3.87. The lowest BCUT2D eigenvalue weighted by Gasteiger charge is -2.30. The molecule has 2 aromatic rings. The minimum absolute atomic E-state index is 0.168. The molecule has 146 valence electrons. The van der Waals surface area contributed by atoms with Gasteiger partial charge in [0.05, 0.1) is 12.2 Å². The molecular weight excluding hydrogens is 346 g/mol. The normalized spacial score (nSPS) is 14.3. The van der Waals surface area contributed by atoms with Crippen molar-refractivity contribution in [3.05, 3.63) is 39.2 Å². The number of rotatable bonds is 6. The van der Waals surface area contributed by atoms with Crippen LogP contribution in [0.4, 0.5) is 0 Å². The summed E-state index contributed by atoms with van der Waals surface area (Å²) < 4.78 is 16.5. The van der Waals surface area contributed by atoms with Gasteiger partial charge in [0.25, 0.3) is 0 Å². The fourth-order valence-electron chi connectivity index (χ4n) is 3.59. The number of carbonyl (C=O) groups is 1. The molecular formula is C21H27NO5. The Morgan fingerprint density at radius 2 is 2.11 bits per heavy atom. The molecule has 0 fully saturated rings. The van der Waals surface area contributed by atoms with Crippen LogP contribution in [0.25, 0.3) is 11.0 Å². The molecule has 0 atom stereocenters. The van der Waals surface area contributed by atoms with Crippen molar-refractivity contribution in [1.82, 2.24) is 4.90 Å². The van der Waals surface area contributed by atoms with Crippen LogP contribution in [0.15, 0.2) is 21.3 Å². The van der Waals surface area contributed by atoms with E-state index in [1.54, 1.807) is 6.92 Å². The van der Waals surface area contributed by atoms with Crippen LogP contribution >= 0.6 is 0 Å². The largest absolute Gasteiger partial charge is 0.478 e. The van der Waals surface area contributed by atoms with E-state index in [0.29, 0.717) is 43.4 Å². The zero-order valence-corrected chi connectivity index (χ0v) is 16.5.